The number of likely N-dealkylation sites (tertiary alicyclic amines) is 1. The maximum atomic E-state index is 12.5. The molecule has 0 saturated carbocycles. The van der Waals surface area contributed by atoms with Crippen molar-refractivity contribution in [1.82, 2.24) is 4.90 Å². The maximum absolute atomic E-state index is 12.5. The van der Waals surface area contributed by atoms with Gasteiger partial charge in [-0.3, -0.25) is 4.79 Å². The SMILES string of the molecule is NCc1cccc(C2CCN(C(=O)Cc3ccc(Cl)c(Cl)c3)CC2)c1.O=C(O)C(F)(F)F. The van der Waals surface area contributed by atoms with Crippen molar-refractivity contribution in [2.75, 3.05) is 13.1 Å². The lowest BCUT2D eigenvalue weighted by molar-refractivity contribution is -0.192. The minimum absolute atomic E-state index is 0.146. The van der Waals surface area contributed by atoms with Gasteiger partial charge in [0.05, 0.1) is 16.5 Å². The average Bonchev–Trinajstić information content (AvgIpc) is 2.76. The van der Waals surface area contributed by atoms with Crippen LogP contribution in [0.25, 0.3) is 0 Å². The molecule has 1 amide bonds. The molecule has 0 atom stereocenters. The van der Waals surface area contributed by atoms with E-state index in [1.165, 1.54) is 5.56 Å². The van der Waals surface area contributed by atoms with E-state index < -0.39 is 12.1 Å². The van der Waals surface area contributed by atoms with Crippen LogP contribution < -0.4 is 5.73 Å². The zero-order chi connectivity index (χ0) is 23.9. The van der Waals surface area contributed by atoms with Gasteiger partial charge >= 0.3 is 12.1 Å². The number of carboxylic acids is 1. The molecule has 5 nitrogen and oxygen atoms in total. The molecule has 1 fully saturated rings. The standard InChI is InChI=1S/C20H22Cl2N2O.C2HF3O2/c21-18-5-4-14(11-19(18)22)12-20(25)24-8-6-16(7-9-24)17-3-1-2-15(10-17)13-23;3-2(4,5)1(6)7/h1-5,10-11,16H,6-9,12-13,23H2;(H,6,7). The second-order valence-corrected chi connectivity index (χ2v) is 8.15. The van der Waals surface area contributed by atoms with E-state index in [1.807, 2.05) is 11.0 Å². The maximum Gasteiger partial charge on any atom is 0.490 e. The van der Waals surface area contributed by atoms with Crippen molar-refractivity contribution in [2.24, 2.45) is 5.73 Å². The van der Waals surface area contributed by atoms with Gasteiger partial charge in [0.1, 0.15) is 0 Å². The molecule has 10 heteroatoms. The Hall–Kier alpha value is -2.29. The molecule has 1 saturated heterocycles. The number of aliphatic carboxylic acids is 1. The molecule has 0 aliphatic carbocycles. The Kier molecular flexibility index (Phi) is 9.36. The molecule has 32 heavy (non-hydrogen) atoms. The van der Waals surface area contributed by atoms with Crippen molar-refractivity contribution in [1.29, 1.82) is 0 Å². The number of nitrogens with zero attached hydrogens (tertiary/aromatic N) is 1. The second kappa shape index (κ2) is 11.5. The van der Waals surface area contributed by atoms with E-state index in [9.17, 15) is 18.0 Å². The summed E-state index contributed by atoms with van der Waals surface area (Å²) < 4.78 is 31.7. The zero-order valence-corrected chi connectivity index (χ0v) is 18.6. The molecule has 0 aromatic heterocycles. The molecule has 3 rings (SSSR count). The van der Waals surface area contributed by atoms with Crippen molar-refractivity contribution in [3.8, 4) is 0 Å². The Bertz CT molecular complexity index is 946. The number of hydrogen-bond donors (Lipinski definition) is 2. The van der Waals surface area contributed by atoms with Crippen LogP contribution in [0, 0.1) is 0 Å². The first-order chi connectivity index (χ1) is 15.0. The monoisotopic (exact) mass is 490 g/mol. The van der Waals surface area contributed by atoms with Gasteiger partial charge < -0.3 is 15.7 Å². The summed E-state index contributed by atoms with van der Waals surface area (Å²) in [6, 6.07) is 13.8. The van der Waals surface area contributed by atoms with Gasteiger partial charge in [-0.15, -0.1) is 0 Å². The van der Waals surface area contributed by atoms with Gasteiger partial charge in [-0.05, 0) is 47.6 Å². The number of hydrogen-bond acceptors (Lipinski definition) is 3. The van der Waals surface area contributed by atoms with Crippen LogP contribution in [0.4, 0.5) is 13.2 Å². The zero-order valence-electron chi connectivity index (χ0n) is 17.0. The number of amides is 1. The predicted octanol–water partition coefficient (Wildman–Crippen LogP) is 5.03. The molecule has 2 aromatic rings. The Morgan fingerprint density at radius 3 is 2.19 bits per heavy atom. The number of benzene rings is 2. The Balaban J connectivity index is 0.000000451. The van der Waals surface area contributed by atoms with Crippen molar-refractivity contribution < 1.29 is 27.9 Å². The molecular formula is C22H23Cl2F3N2O3. The molecule has 174 valence electrons. The summed E-state index contributed by atoms with van der Waals surface area (Å²) in [7, 11) is 0. The largest absolute Gasteiger partial charge is 0.490 e. The third-order valence-electron chi connectivity index (χ3n) is 5.09. The molecule has 0 spiro atoms. The number of halogens is 5. The van der Waals surface area contributed by atoms with E-state index in [-0.39, 0.29) is 5.91 Å². The van der Waals surface area contributed by atoms with Crippen LogP contribution in [0.5, 0.6) is 0 Å². The minimum atomic E-state index is -5.08. The van der Waals surface area contributed by atoms with Crippen LogP contribution in [-0.4, -0.2) is 41.1 Å². The molecule has 1 aliphatic heterocycles. The van der Waals surface area contributed by atoms with Gasteiger partial charge in [0.25, 0.3) is 0 Å². The van der Waals surface area contributed by atoms with Crippen LogP contribution >= 0.6 is 23.2 Å². The van der Waals surface area contributed by atoms with Gasteiger partial charge in [0.2, 0.25) is 5.91 Å². The molecule has 0 unspecified atom stereocenters. The fraction of sp³-hybridized carbons (Fsp3) is 0.364. The van der Waals surface area contributed by atoms with E-state index in [4.69, 9.17) is 38.8 Å². The van der Waals surface area contributed by atoms with E-state index in [0.29, 0.717) is 28.9 Å². The molecular weight excluding hydrogens is 468 g/mol. The summed E-state index contributed by atoms with van der Waals surface area (Å²) >= 11 is 12.0. The van der Waals surface area contributed by atoms with Gasteiger partial charge in [-0.1, -0.05) is 53.5 Å². The van der Waals surface area contributed by atoms with Crippen molar-refractivity contribution in [2.45, 2.75) is 37.9 Å². The summed E-state index contributed by atoms with van der Waals surface area (Å²) in [5, 5.41) is 8.13. The summed E-state index contributed by atoms with van der Waals surface area (Å²) in [5.74, 6) is -2.11. The van der Waals surface area contributed by atoms with Crippen LogP contribution in [0.2, 0.25) is 10.0 Å². The fourth-order valence-electron chi connectivity index (χ4n) is 3.37. The summed E-state index contributed by atoms with van der Waals surface area (Å²) in [4.78, 5) is 23.4. The quantitative estimate of drug-likeness (QED) is 0.629. The number of rotatable bonds is 4. The van der Waals surface area contributed by atoms with E-state index in [1.54, 1.807) is 12.1 Å². The number of piperidine rings is 1. The first kappa shape index (κ1) is 26.0. The lowest BCUT2D eigenvalue weighted by Crippen LogP contribution is -2.38. The van der Waals surface area contributed by atoms with Crippen molar-refractivity contribution >= 4 is 35.1 Å². The lowest BCUT2D eigenvalue weighted by atomic mass is 9.88. The topological polar surface area (TPSA) is 83.6 Å². The molecule has 0 bridgehead atoms. The van der Waals surface area contributed by atoms with Crippen LogP contribution in [-0.2, 0) is 22.6 Å². The van der Waals surface area contributed by atoms with Crippen molar-refractivity contribution in [3.05, 3.63) is 69.2 Å². The smallest absolute Gasteiger partial charge is 0.475 e. The molecule has 2 aromatic carbocycles. The predicted molar refractivity (Wildman–Crippen MR) is 117 cm³/mol. The third kappa shape index (κ3) is 7.69. The third-order valence-corrected chi connectivity index (χ3v) is 5.83. The number of carbonyl (C=O) groups excluding carboxylic acids is 1. The molecule has 3 N–H and O–H groups in total. The highest BCUT2D eigenvalue weighted by atomic mass is 35.5. The lowest BCUT2D eigenvalue weighted by Gasteiger charge is -2.32. The first-order valence-electron chi connectivity index (χ1n) is 9.82. The highest BCUT2D eigenvalue weighted by molar-refractivity contribution is 6.42. The fourth-order valence-corrected chi connectivity index (χ4v) is 3.69. The Morgan fingerprint density at radius 2 is 1.66 bits per heavy atom. The van der Waals surface area contributed by atoms with E-state index in [2.05, 4.69) is 24.3 Å². The van der Waals surface area contributed by atoms with Gasteiger partial charge in [0.15, 0.2) is 0 Å². The Morgan fingerprint density at radius 1 is 1.03 bits per heavy atom. The highest BCUT2D eigenvalue weighted by Crippen LogP contribution is 2.29. The average molecular weight is 491 g/mol. The number of carbonyl (C=O) groups is 2. The normalized spacial score (nSPS) is 14.5. The summed E-state index contributed by atoms with van der Waals surface area (Å²) in [6.45, 7) is 2.14. The van der Waals surface area contributed by atoms with Gasteiger partial charge in [-0.25, -0.2) is 4.79 Å². The molecule has 0 radical (unpaired) electrons. The van der Waals surface area contributed by atoms with Crippen LogP contribution in [0.3, 0.4) is 0 Å². The van der Waals surface area contributed by atoms with Gasteiger partial charge in [0, 0.05) is 19.6 Å². The second-order valence-electron chi connectivity index (χ2n) is 7.33. The molecule has 1 aliphatic rings. The molecule has 1 heterocycles. The number of alkyl halides is 3. The van der Waals surface area contributed by atoms with Crippen molar-refractivity contribution in [3.63, 3.8) is 0 Å². The minimum Gasteiger partial charge on any atom is -0.475 e. The van der Waals surface area contributed by atoms with E-state index >= 15 is 0 Å². The number of nitrogens with two attached hydrogens (primary N) is 1. The summed E-state index contributed by atoms with van der Waals surface area (Å²) in [6.07, 6.45) is -2.74. The highest BCUT2D eigenvalue weighted by Gasteiger charge is 2.38. The number of carboxylic acid groups (broad SMARTS) is 1. The van der Waals surface area contributed by atoms with Crippen LogP contribution in [0.1, 0.15) is 35.4 Å². The van der Waals surface area contributed by atoms with E-state index in [0.717, 1.165) is 37.1 Å². The first-order valence-corrected chi connectivity index (χ1v) is 10.6. The Labute approximate surface area is 193 Å². The van der Waals surface area contributed by atoms with Crippen LogP contribution in [0.15, 0.2) is 42.5 Å². The summed E-state index contributed by atoms with van der Waals surface area (Å²) in [5.41, 5.74) is 9.13. The van der Waals surface area contributed by atoms with Gasteiger partial charge in [-0.2, -0.15) is 13.2 Å².